The Morgan fingerprint density at radius 2 is 1.80 bits per heavy atom. The molecule has 0 aliphatic carbocycles. The van der Waals surface area contributed by atoms with E-state index >= 15 is 0 Å². The Kier molecular flexibility index (Phi) is 5.84. The monoisotopic (exact) mass is 216 g/mol. The average molecular weight is 216 g/mol. The summed E-state index contributed by atoms with van der Waals surface area (Å²) >= 11 is 0. The van der Waals surface area contributed by atoms with E-state index < -0.39 is 30.2 Å². The smallest absolute Gasteiger partial charge is 0.340 e. The van der Waals surface area contributed by atoms with Crippen molar-refractivity contribution in [3.8, 4) is 0 Å². The van der Waals surface area contributed by atoms with Crippen molar-refractivity contribution in [3.63, 3.8) is 0 Å². The Hall–Kier alpha value is -1.79. The van der Waals surface area contributed by atoms with Crippen LogP contribution in [0.15, 0.2) is 10.2 Å². The molecule has 0 spiro atoms. The molecule has 15 heavy (non-hydrogen) atoms. The Morgan fingerprint density at radius 1 is 1.20 bits per heavy atom. The number of esters is 2. The third kappa shape index (κ3) is 4.30. The second-order valence-corrected chi connectivity index (χ2v) is 2.46. The van der Waals surface area contributed by atoms with E-state index in [1.165, 1.54) is 7.05 Å². The second kappa shape index (κ2) is 6.63. The molecule has 0 rings (SSSR count). The summed E-state index contributed by atoms with van der Waals surface area (Å²) in [5.41, 5.74) is 0. The van der Waals surface area contributed by atoms with Gasteiger partial charge in [-0.2, -0.15) is 10.2 Å². The van der Waals surface area contributed by atoms with Crippen LogP contribution in [0.2, 0.25) is 0 Å². The molecule has 1 atom stereocenters. The summed E-state index contributed by atoms with van der Waals surface area (Å²) in [4.78, 5) is 33.2. The molecule has 84 valence electrons. The highest BCUT2D eigenvalue weighted by atomic mass is 16.5. The first-order valence-electron chi connectivity index (χ1n) is 4.03. The van der Waals surface area contributed by atoms with Crippen molar-refractivity contribution in [1.29, 1.82) is 0 Å². The zero-order valence-electron chi connectivity index (χ0n) is 8.72. The van der Waals surface area contributed by atoms with Gasteiger partial charge in [-0.05, 0) is 0 Å². The number of rotatable bonds is 5. The molecule has 0 saturated heterocycles. The summed E-state index contributed by atoms with van der Waals surface area (Å²) in [5, 5.41) is 6.69. The summed E-state index contributed by atoms with van der Waals surface area (Å²) in [7, 11) is 3.57. The molecule has 0 aliphatic heterocycles. The molecule has 0 aliphatic rings. The fraction of sp³-hybridized carbons (Fsp3) is 0.625. The highest BCUT2D eigenvalue weighted by molar-refractivity contribution is 6.09. The van der Waals surface area contributed by atoms with Crippen LogP contribution in [0.5, 0.6) is 0 Å². The van der Waals surface area contributed by atoms with Crippen LogP contribution in [0.3, 0.4) is 0 Å². The van der Waals surface area contributed by atoms with Gasteiger partial charge in [0.25, 0.3) is 0 Å². The molecule has 0 aromatic heterocycles. The molecule has 1 unspecified atom stereocenters. The third-order valence-corrected chi connectivity index (χ3v) is 1.51. The lowest BCUT2D eigenvalue weighted by Gasteiger charge is -2.06. The van der Waals surface area contributed by atoms with Crippen molar-refractivity contribution in [3.05, 3.63) is 0 Å². The minimum Gasteiger partial charge on any atom is -0.469 e. The van der Waals surface area contributed by atoms with Gasteiger partial charge in [-0.25, -0.2) is 4.79 Å². The Balaban J connectivity index is 4.56. The molecule has 0 radical (unpaired) electrons. The molecule has 0 N–H and O–H groups in total. The van der Waals surface area contributed by atoms with Crippen LogP contribution < -0.4 is 0 Å². The molecule has 0 heterocycles. The van der Waals surface area contributed by atoms with E-state index in [2.05, 4.69) is 19.7 Å². The van der Waals surface area contributed by atoms with E-state index in [0.717, 1.165) is 14.2 Å². The van der Waals surface area contributed by atoms with Crippen LogP contribution in [-0.2, 0) is 23.9 Å². The van der Waals surface area contributed by atoms with Crippen molar-refractivity contribution in [2.75, 3.05) is 21.3 Å². The summed E-state index contributed by atoms with van der Waals surface area (Å²) in [6, 6.07) is -1.39. The zero-order valence-corrected chi connectivity index (χ0v) is 8.72. The predicted octanol–water partition coefficient (Wildman–Crippen LogP) is -0.258. The second-order valence-electron chi connectivity index (χ2n) is 2.46. The van der Waals surface area contributed by atoms with Crippen LogP contribution in [0, 0.1) is 0 Å². The van der Waals surface area contributed by atoms with Gasteiger partial charge in [0.2, 0.25) is 6.04 Å². The number of carbonyl (C=O) groups excluding carboxylic acids is 3. The van der Waals surface area contributed by atoms with Crippen molar-refractivity contribution < 1.29 is 23.9 Å². The van der Waals surface area contributed by atoms with Crippen molar-refractivity contribution in [1.82, 2.24) is 0 Å². The van der Waals surface area contributed by atoms with E-state index in [9.17, 15) is 14.4 Å². The average Bonchev–Trinajstić information content (AvgIpc) is 2.24. The first kappa shape index (κ1) is 13.2. The number of hydrogen-bond acceptors (Lipinski definition) is 7. The minimum absolute atomic E-state index is 0.532. The molecule has 0 amide bonds. The normalized spacial score (nSPS) is 12.2. The van der Waals surface area contributed by atoms with Crippen LogP contribution in [0.1, 0.15) is 6.42 Å². The maximum absolute atomic E-state index is 11.3. The van der Waals surface area contributed by atoms with Gasteiger partial charge in [0.1, 0.15) is 6.42 Å². The van der Waals surface area contributed by atoms with Gasteiger partial charge < -0.3 is 9.47 Å². The lowest BCUT2D eigenvalue weighted by molar-refractivity contribution is -0.148. The maximum Gasteiger partial charge on any atom is 0.340 e. The number of ketones is 1. The molecule has 0 aromatic rings. The number of hydrogen-bond donors (Lipinski definition) is 0. The van der Waals surface area contributed by atoms with Crippen molar-refractivity contribution >= 4 is 17.7 Å². The summed E-state index contributed by atoms with van der Waals surface area (Å²) < 4.78 is 8.61. The Morgan fingerprint density at radius 3 is 2.20 bits per heavy atom. The molecule has 0 aromatic carbocycles. The number of carbonyl (C=O) groups is 3. The number of methoxy groups -OCH3 is 2. The van der Waals surface area contributed by atoms with E-state index in [1.807, 2.05) is 0 Å². The Bertz CT molecular complexity index is 287. The summed E-state index contributed by atoms with van der Waals surface area (Å²) in [6.07, 6.45) is -0.532. The standard InChI is InChI=1S/C8H12N2O5/c1-9-10-7(8(13)15-3)5(11)4-6(12)14-2/h7H,4H2,1-3H3. The van der Waals surface area contributed by atoms with E-state index in [1.54, 1.807) is 0 Å². The van der Waals surface area contributed by atoms with Gasteiger partial charge in [-0.3, -0.25) is 9.59 Å². The SMILES string of the molecule is CN=NC(C(=O)CC(=O)OC)C(=O)OC. The molecular formula is C8H12N2O5. The van der Waals surface area contributed by atoms with Gasteiger partial charge in [0.05, 0.1) is 14.2 Å². The molecule has 7 heteroatoms. The van der Waals surface area contributed by atoms with E-state index in [0.29, 0.717) is 0 Å². The first-order valence-corrected chi connectivity index (χ1v) is 4.03. The number of nitrogens with zero attached hydrogens (tertiary/aromatic N) is 2. The lowest BCUT2D eigenvalue weighted by atomic mass is 10.1. The van der Waals surface area contributed by atoms with Crippen LogP contribution in [0.25, 0.3) is 0 Å². The summed E-state index contributed by atoms with van der Waals surface area (Å²) in [6.45, 7) is 0. The molecule has 7 nitrogen and oxygen atoms in total. The molecule has 0 saturated carbocycles. The molecule has 0 bridgehead atoms. The fourth-order valence-corrected chi connectivity index (χ4v) is 0.781. The highest BCUT2D eigenvalue weighted by Crippen LogP contribution is 2.02. The molecule has 0 fully saturated rings. The van der Waals surface area contributed by atoms with E-state index in [4.69, 9.17) is 0 Å². The number of ether oxygens (including phenoxy) is 2. The third-order valence-electron chi connectivity index (χ3n) is 1.51. The lowest BCUT2D eigenvalue weighted by Crippen LogP contribution is -2.31. The highest BCUT2D eigenvalue weighted by Gasteiger charge is 2.29. The van der Waals surface area contributed by atoms with Crippen LogP contribution >= 0.6 is 0 Å². The van der Waals surface area contributed by atoms with Crippen molar-refractivity contribution in [2.24, 2.45) is 10.2 Å². The first-order chi connectivity index (χ1) is 7.06. The zero-order chi connectivity index (χ0) is 11.8. The number of Topliss-reactive ketones (excluding diaryl/α,β-unsaturated/α-hetero) is 1. The van der Waals surface area contributed by atoms with Gasteiger partial charge >= 0.3 is 11.9 Å². The summed E-state index contributed by atoms with van der Waals surface area (Å²) in [5.74, 6) is -2.30. The van der Waals surface area contributed by atoms with Gasteiger partial charge in [-0.15, -0.1) is 0 Å². The fourth-order valence-electron chi connectivity index (χ4n) is 0.781. The van der Waals surface area contributed by atoms with Crippen LogP contribution in [-0.4, -0.2) is 45.0 Å². The van der Waals surface area contributed by atoms with Gasteiger partial charge in [0, 0.05) is 7.05 Å². The number of azo groups is 1. The van der Waals surface area contributed by atoms with Crippen molar-refractivity contribution in [2.45, 2.75) is 12.5 Å². The maximum atomic E-state index is 11.3. The van der Waals surface area contributed by atoms with E-state index in [-0.39, 0.29) is 0 Å². The largest absolute Gasteiger partial charge is 0.469 e. The van der Waals surface area contributed by atoms with Gasteiger partial charge in [-0.1, -0.05) is 0 Å². The van der Waals surface area contributed by atoms with Gasteiger partial charge in [0.15, 0.2) is 5.78 Å². The topological polar surface area (TPSA) is 94.4 Å². The molecular weight excluding hydrogens is 204 g/mol. The quantitative estimate of drug-likeness (QED) is 0.358. The predicted molar refractivity (Wildman–Crippen MR) is 48.2 cm³/mol. The van der Waals surface area contributed by atoms with Crippen LogP contribution in [0.4, 0.5) is 0 Å². The minimum atomic E-state index is -1.39. The Labute approximate surface area is 86.5 Å².